The minimum absolute atomic E-state index is 0.125. The number of carbonyl (C=O) groups excluding carboxylic acids is 3. The molecule has 1 saturated carbocycles. The number of hydrogen-bond acceptors (Lipinski definition) is 6. The van der Waals surface area contributed by atoms with E-state index in [0.29, 0.717) is 12.4 Å². The molecule has 1 aromatic rings. The molecular weight excluding hydrogens is 396 g/mol. The molecular formula is C25H34O6. The zero-order valence-corrected chi connectivity index (χ0v) is 19.2. The lowest BCUT2D eigenvalue weighted by atomic mass is 9.61. The maximum absolute atomic E-state index is 13.4. The van der Waals surface area contributed by atoms with Crippen molar-refractivity contribution in [2.24, 2.45) is 22.7 Å². The third-order valence-electron chi connectivity index (χ3n) is 6.88. The Balaban J connectivity index is 1.88. The molecule has 0 atom stereocenters. The predicted molar refractivity (Wildman–Crippen MR) is 115 cm³/mol. The molecule has 31 heavy (non-hydrogen) atoms. The number of rotatable bonds is 6. The fourth-order valence-electron chi connectivity index (χ4n) is 5.01. The molecule has 0 bridgehead atoms. The SMILES string of the molecule is CC1(C)OC(=O)C(Cc2ccc(COC=O)cc2)(C2CCC(C(C)(C)C)CC2)C(=O)O1. The van der Waals surface area contributed by atoms with Crippen molar-refractivity contribution in [1.82, 2.24) is 0 Å². The van der Waals surface area contributed by atoms with Crippen LogP contribution in [0.25, 0.3) is 0 Å². The number of ether oxygens (including phenoxy) is 3. The number of hydrogen-bond donors (Lipinski definition) is 0. The first-order chi connectivity index (χ1) is 14.5. The van der Waals surface area contributed by atoms with Crippen molar-refractivity contribution in [3.8, 4) is 0 Å². The van der Waals surface area contributed by atoms with E-state index in [1.807, 2.05) is 24.3 Å². The third-order valence-corrected chi connectivity index (χ3v) is 6.88. The molecule has 6 heteroatoms. The summed E-state index contributed by atoms with van der Waals surface area (Å²) in [5.74, 6) is -1.79. The second kappa shape index (κ2) is 8.64. The Morgan fingerprint density at radius 3 is 1.97 bits per heavy atom. The van der Waals surface area contributed by atoms with Gasteiger partial charge in [0.1, 0.15) is 6.61 Å². The van der Waals surface area contributed by atoms with E-state index in [1.165, 1.54) is 0 Å². The molecule has 1 aliphatic carbocycles. The average Bonchev–Trinajstić information content (AvgIpc) is 2.69. The standard InChI is InChI=1S/C25H34O6/c1-23(2,3)19-10-12-20(13-11-19)25(21(27)30-24(4,5)31-22(25)28)14-17-6-8-18(9-7-17)15-29-16-26/h6-9,16,19-20H,10-15H2,1-5H3. The third kappa shape index (κ3) is 4.94. The van der Waals surface area contributed by atoms with Crippen LogP contribution in [0.4, 0.5) is 0 Å². The number of benzene rings is 1. The van der Waals surface area contributed by atoms with Gasteiger partial charge in [0, 0.05) is 13.8 Å². The normalized spacial score (nSPS) is 25.3. The van der Waals surface area contributed by atoms with Crippen LogP contribution in [0.5, 0.6) is 0 Å². The molecule has 0 N–H and O–H groups in total. The Hall–Kier alpha value is -2.37. The van der Waals surface area contributed by atoms with Crippen LogP contribution in [0.2, 0.25) is 0 Å². The highest BCUT2D eigenvalue weighted by Gasteiger charge is 2.60. The molecule has 2 aliphatic rings. The van der Waals surface area contributed by atoms with Gasteiger partial charge in [0.15, 0.2) is 5.41 Å². The van der Waals surface area contributed by atoms with Gasteiger partial charge < -0.3 is 14.2 Å². The topological polar surface area (TPSA) is 78.9 Å². The summed E-state index contributed by atoms with van der Waals surface area (Å²) in [6.45, 7) is 10.5. The average molecular weight is 431 g/mol. The second-order valence-corrected chi connectivity index (χ2v) is 10.5. The summed E-state index contributed by atoms with van der Waals surface area (Å²) in [6.07, 6.45) is 3.76. The first-order valence-electron chi connectivity index (χ1n) is 11.1. The largest absolute Gasteiger partial charge is 0.463 e. The lowest BCUT2D eigenvalue weighted by Crippen LogP contribution is -2.58. The van der Waals surface area contributed by atoms with Crippen LogP contribution in [-0.2, 0) is 41.6 Å². The molecule has 0 radical (unpaired) electrons. The molecule has 1 heterocycles. The fourth-order valence-corrected chi connectivity index (χ4v) is 5.01. The van der Waals surface area contributed by atoms with E-state index in [9.17, 15) is 14.4 Å². The van der Waals surface area contributed by atoms with Gasteiger partial charge >= 0.3 is 11.9 Å². The minimum Gasteiger partial charge on any atom is -0.463 e. The van der Waals surface area contributed by atoms with Crippen LogP contribution < -0.4 is 0 Å². The van der Waals surface area contributed by atoms with Crippen molar-refractivity contribution in [3.05, 3.63) is 35.4 Å². The molecule has 0 aromatic heterocycles. The highest BCUT2D eigenvalue weighted by atomic mass is 16.7. The van der Waals surface area contributed by atoms with E-state index in [1.54, 1.807) is 13.8 Å². The predicted octanol–water partition coefficient (Wildman–Crippen LogP) is 4.58. The molecule has 170 valence electrons. The Labute approximate surface area is 184 Å². The molecule has 0 unspecified atom stereocenters. The molecule has 1 aromatic carbocycles. The Bertz CT molecular complexity index is 789. The molecule has 6 nitrogen and oxygen atoms in total. The Kier molecular flexibility index (Phi) is 6.49. The Morgan fingerprint density at radius 1 is 0.968 bits per heavy atom. The van der Waals surface area contributed by atoms with Crippen LogP contribution >= 0.6 is 0 Å². The van der Waals surface area contributed by atoms with E-state index in [0.717, 1.165) is 36.8 Å². The van der Waals surface area contributed by atoms with Gasteiger partial charge in [0.25, 0.3) is 12.3 Å². The minimum atomic E-state index is -1.33. The van der Waals surface area contributed by atoms with Crippen molar-refractivity contribution in [3.63, 3.8) is 0 Å². The van der Waals surface area contributed by atoms with Crippen molar-refractivity contribution < 1.29 is 28.6 Å². The highest BCUT2D eigenvalue weighted by Crippen LogP contribution is 2.50. The van der Waals surface area contributed by atoms with Crippen molar-refractivity contribution in [2.75, 3.05) is 0 Å². The molecule has 1 aliphatic heterocycles. The quantitative estimate of drug-likeness (QED) is 0.373. The maximum atomic E-state index is 13.4. The fraction of sp³-hybridized carbons (Fsp3) is 0.640. The summed E-state index contributed by atoms with van der Waals surface area (Å²) in [4.78, 5) is 37.1. The van der Waals surface area contributed by atoms with Gasteiger partial charge in [0.05, 0.1) is 0 Å². The van der Waals surface area contributed by atoms with E-state index in [2.05, 4.69) is 20.8 Å². The van der Waals surface area contributed by atoms with Gasteiger partial charge in [-0.2, -0.15) is 0 Å². The summed E-state index contributed by atoms with van der Waals surface area (Å²) in [6, 6.07) is 7.41. The first kappa shape index (κ1) is 23.3. The lowest BCUT2D eigenvalue weighted by Gasteiger charge is -2.47. The zero-order valence-electron chi connectivity index (χ0n) is 19.2. The molecule has 2 fully saturated rings. The van der Waals surface area contributed by atoms with Crippen LogP contribution in [-0.4, -0.2) is 24.2 Å². The maximum Gasteiger partial charge on any atom is 0.327 e. The number of cyclic esters (lactones) is 2. The smallest absolute Gasteiger partial charge is 0.327 e. The molecule has 1 saturated heterocycles. The summed E-state index contributed by atoms with van der Waals surface area (Å²) >= 11 is 0. The monoisotopic (exact) mass is 430 g/mol. The zero-order chi connectivity index (χ0) is 22.9. The van der Waals surface area contributed by atoms with Gasteiger partial charge in [-0.3, -0.25) is 14.4 Å². The van der Waals surface area contributed by atoms with Crippen molar-refractivity contribution in [2.45, 2.75) is 79.1 Å². The van der Waals surface area contributed by atoms with Gasteiger partial charge in [-0.1, -0.05) is 45.0 Å². The summed E-state index contributed by atoms with van der Waals surface area (Å²) in [5.41, 5.74) is 0.554. The molecule has 0 amide bonds. The second-order valence-electron chi connectivity index (χ2n) is 10.5. The summed E-state index contributed by atoms with van der Waals surface area (Å²) in [7, 11) is 0. The van der Waals surface area contributed by atoms with E-state index in [-0.39, 0.29) is 24.4 Å². The summed E-state index contributed by atoms with van der Waals surface area (Å²) < 4.78 is 16.0. The molecule has 0 spiro atoms. The number of esters is 2. The molecule has 3 rings (SSSR count). The van der Waals surface area contributed by atoms with E-state index >= 15 is 0 Å². The first-order valence-corrected chi connectivity index (χ1v) is 11.1. The number of carbonyl (C=O) groups is 3. The lowest BCUT2D eigenvalue weighted by molar-refractivity contribution is -0.256. The van der Waals surface area contributed by atoms with Crippen LogP contribution in [0.1, 0.15) is 71.4 Å². The highest BCUT2D eigenvalue weighted by molar-refractivity contribution is 6.02. The van der Waals surface area contributed by atoms with Crippen LogP contribution in [0.3, 0.4) is 0 Å². The van der Waals surface area contributed by atoms with E-state index in [4.69, 9.17) is 14.2 Å². The van der Waals surface area contributed by atoms with Crippen molar-refractivity contribution >= 4 is 18.4 Å². The van der Waals surface area contributed by atoms with Gasteiger partial charge in [0.2, 0.25) is 0 Å². The Morgan fingerprint density at radius 2 is 1.48 bits per heavy atom. The van der Waals surface area contributed by atoms with Gasteiger partial charge in [-0.15, -0.1) is 0 Å². The summed E-state index contributed by atoms with van der Waals surface area (Å²) in [5, 5.41) is 0. The van der Waals surface area contributed by atoms with Crippen molar-refractivity contribution in [1.29, 1.82) is 0 Å². The van der Waals surface area contributed by atoms with Gasteiger partial charge in [-0.05, 0) is 60.5 Å². The van der Waals surface area contributed by atoms with Crippen LogP contribution in [0, 0.1) is 22.7 Å². The van der Waals surface area contributed by atoms with Gasteiger partial charge in [-0.25, -0.2) is 0 Å². The van der Waals surface area contributed by atoms with E-state index < -0.39 is 23.1 Å². The van der Waals surface area contributed by atoms with Crippen LogP contribution in [0.15, 0.2) is 24.3 Å².